The minimum Gasteiger partial charge on any atom is -0.383 e. The van der Waals surface area contributed by atoms with Crippen LogP contribution in [0.3, 0.4) is 0 Å². The minimum absolute atomic E-state index is 0.0123. The van der Waals surface area contributed by atoms with Crippen molar-refractivity contribution < 1.29 is 4.79 Å². The van der Waals surface area contributed by atoms with E-state index < -0.39 is 11.2 Å². The van der Waals surface area contributed by atoms with Crippen LogP contribution < -0.4 is 21.9 Å². The van der Waals surface area contributed by atoms with Crippen LogP contribution in [0, 0.1) is 20.8 Å². The van der Waals surface area contributed by atoms with Gasteiger partial charge in [-0.1, -0.05) is 32.0 Å². The Balaban J connectivity index is 2.36. The third-order valence-corrected chi connectivity index (χ3v) is 5.74. The van der Waals surface area contributed by atoms with Crippen molar-refractivity contribution in [3.05, 3.63) is 37.8 Å². The molecule has 0 saturated carbocycles. The van der Waals surface area contributed by atoms with Crippen molar-refractivity contribution in [1.82, 2.24) is 19.5 Å². The Labute approximate surface area is 180 Å². The fourth-order valence-electron chi connectivity index (χ4n) is 2.97. The second kappa shape index (κ2) is 10.4. The zero-order valence-electron chi connectivity index (χ0n) is 18.2. The van der Waals surface area contributed by atoms with Gasteiger partial charge in [0.15, 0.2) is 10.8 Å². The molecule has 9 nitrogen and oxygen atoms in total. The molecule has 0 bridgehead atoms. The number of aromatic amines is 1. The van der Waals surface area contributed by atoms with Gasteiger partial charge in [0.25, 0.3) is 5.56 Å². The van der Waals surface area contributed by atoms with Crippen LogP contribution in [0.25, 0.3) is 0 Å². The van der Waals surface area contributed by atoms with Gasteiger partial charge < -0.3 is 10.6 Å². The lowest BCUT2D eigenvalue weighted by atomic mass is 10.2. The predicted molar refractivity (Wildman–Crippen MR) is 120 cm³/mol. The van der Waals surface area contributed by atoms with Crippen LogP contribution in [0.4, 0.5) is 11.5 Å². The Bertz CT molecular complexity index is 1010. The van der Waals surface area contributed by atoms with Crippen molar-refractivity contribution in [2.45, 2.75) is 65.6 Å². The second-order valence-electron chi connectivity index (χ2n) is 7.13. The first kappa shape index (κ1) is 23.7. The quantitative estimate of drug-likeness (QED) is 0.457. The summed E-state index contributed by atoms with van der Waals surface area (Å²) in [4.78, 5) is 50.3. The Morgan fingerprint density at radius 1 is 1.13 bits per heavy atom. The van der Waals surface area contributed by atoms with E-state index >= 15 is 0 Å². The van der Waals surface area contributed by atoms with Gasteiger partial charge >= 0.3 is 5.69 Å². The fourth-order valence-corrected chi connectivity index (χ4v) is 3.78. The maximum Gasteiger partial charge on any atom is 0.330 e. The van der Waals surface area contributed by atoms with Crippen molar-refractivity contribution in [2.75, 3.05) is 22.9 Å². The van der Waals surface area contributed by atoms with Crippen LogP contribution in [0.5, 0.6) is 0 Å². The summed E-state index contributed by atoms with van der Waals surface area (Å²) < 4.78 is 1.30. The molecule has 2 heterocycles. The molecule has 0 aliphatic heterocycles. The standard InChI is InChI=1S/C20H30N6O3S/c1-6-8-10-25(16-17(21)26(9-7-2)20(29)24-18(16)28)15(27)11-30-19-22-13(4)12(3)14(5)23-19/h6-11,21H2,1-5H3,(H,24,28,29). The maximum atomic E-state index is 13.1. The minimum atomic E-state index is -0.655. The molecule has 0 radical (unpaired) electrons. The molecule has 0 fully saturated rings. The molecule has 10 heteroatoms. The van der Waals surface area contributed by atoms with Crippen LogP contribution in [0.1, 0.15) is 50.1 Å². The van der Waals surface area contributed by atoms with Crippen LogP contribution >= 0.6 is 11.8 Å². The number of rotatable bonds is 9. The molecular weight excluding hydrogens is 404 g/mol. The van der Waals surface area contributed by atoms with E-state index in [0.717, 1.165) is 23.4 Å². The first-order valence-corrected chi connectivity index (χ1v) is 11.1. The van der Waals surface area contributed by atoms with E-state index in [1.807, 2.05) is 34.6 Å². The van der Waals surface area contributed by atoms with Crippen LogP contribution in [0.15, 0.2) is 14.7 Å². The topological polar surface area (TPSA) is 127 Å². The number of carbonyl (C=O) groups is 1. The summed E-state index contributed by atoms with van der Waals surface area (Å²) in [6.07, 6.45) is 2.20. The lowest BCUT2D eigenvalue weighted by Crippen LogP contribution is -2.42. The fraction of sp³-hybridized carbons (Fsp3) is 0.550. The van der Waals surface area contributed by atoms with E-state index in [-0.39, 0.29) is 23.2 Å². The highest BCUT2D eigenvalue weighted by molar-refractivity contribution is 7.99. The molecule has 0 spiro atoms. The van der Waals surface area contributed by atoms with Gasteiger partial charge in [0, 0.05) is 24.5 Å². The molecule has 164 valence electrons. The van der Waals surface area contributed by atoms with Crippen LogP contribution in [0.2, 0.25) is 0 Å². The van der Waals surface area contributed by atoms with Gasteiger partial charge in [0.2, 0.25) is 5.91 Å². The number of nitrogens with one attached hydrogen (secondary N) is 1. The second-order valence-corrected chi connectivity index (χ2v) is 8.08. The number of nitrogen functional groups attached to an aromatic ring is 1. The molecule has 0 aliphatic rings. The number of aromatic nitrogens is 4. The smallest absolute Gasteiger partial charge is 0.330 e. The summed E-state index contributed by atoms with van der Waals surface area (Å²) in [5, 5.41) is 0.511. The van der Waals surface area contributed by atoms with E-state index in [0.29, 0.717) is 31.1 Å². The molecule has 2 aromatic heterocycles. The molecule has 2 aromatic rings. The monoisotopic (exact) mass is 434 g/mol. The number of hydrogen-bond acceptors (Lipinski definition) is 7. The number of hydrogen-bond donors (Lipinski definition) is 2. The number of thioether (sulfide) groups is 1. The average molecular weight is 435 g/mol. The summed E-state index contributed by atoms with van der Waals surface area (Å²) in [5.41, 5.74) is 7.72. The number of H-pyrrole nitrogens is 1. The normalized spacial score (nSPS) is 11.0. The first-order valence-electron chi connectivity index (χ1n) is 10.1. The zero-order chi connectivity index (χ0) is 22.4. The summed E-state index contributed by atoms with van der Waals surface area (Å²) >= 11 is 1.22. The van der Waals surface area contributed by atoms with Gasteiger partial charge in [-0.2, -0.15) is 0 Å². The number of nitrogens with two attached hydrogens (primary N) is 1. The Morgan fingerprint density at radius 2 is 1.77 bits per heavy atom. The average Bonchev–Trinajstić information content (AvgIpc) is 2.69. The summed E-state index contributed by atoms with van der Waals surface area (Å²) in [7, 11) is 0. The largest absolute Gasteiger partial charge is 0.383 e. The Kier molecular flexibility index (Phi) is 8.22. The molecule has 30 heavy (non-hydrogen) atoms. The van der Waals surface area contributed by atoms with E-state index in [9.17, 15) is 14.4 Å². The maximum absolute atomic E-state index is 13.1. The van der Waals surface area contributed by atoms with Crippen molar-refractivity contribution in [3.63, 3.8) is 0 Å². The summed E-state index contributed by atoms with van der Waals surface area (Å²) in [5.74, 6) is -0.220. The highest BCUT2D eigenvalue weighted by Crippen LogP contribution is 2.22. The lowest BCUT2D eigenvalue weighted by molar-refractivity contribution is -0.116. The van der Waals surface area contributed by atoms with Gasteiger partial charge in [-0.25, -0.2) is 14.8 Å². The summed E-state index contributed by atoms with van der Waals surface area (Å²) in [6.45, 7) is 10.3. The van der Waals surface area contributed by atoms with E-state index in [1.54, 1.807) is 0 Å². The molecule has 0 unspecified atom stereocenters. The van der Waals surface area contributed by atoms with Crippen molar-refractivity contribution in [1.29, 1.82) is 0 Å². The van der Waals surface area contributed by atoms with E-state index in [4.69, 9.17) is 5.73 Å². The van der Waals surface area contributed by atoms with Crippen LogP contribution in [-0.2, 0) is 11.3 Å². The highest BCUT2D eigenvalue weighted by atomic mass is 32.2. The van der Waals surface area contributed by atoms with Crippen molar-refractivity contribution >= 4 is 29.2 Å². The molecule has 0 saturated heterocycles. The number of unbranched alkanes of at least 4 members (excludes halogenated alkanes) is 1. The lowest BCUT2D eigenvalue weighted by Gasteiger charge is -2.24. The number of carbonyl (C=O) groups excluding carboxylic acids is 1. The van der Waals surface area contributed by atoms with Crippen LogP contribution in [-0.4, -0.2) is 37.7 Å². The predicted octanol–water partition coefficient (Wildman–Crippen LogP) is 2.17. The summed E-state index contributed by atoms with van der Waals surface area (Å²) in [6, 6.07) is 0. The molecule has 0 atom stereocenters. The highest BCUT2D eigenvalue weighted by Gasteiger charge is 2.24. The Morgan fingerprint density at radius 3 is 2.33 bits per heavy atom. The number of anilines is 2. The number of amides is 1. The van der Waals surface area contributed by atoms with E-state index in [1.165, 1.54) is 21.2 Å². The van der Waals surface area contributed by atoms with Gasteiger partial charge in [0.1, 0.15) is 5.82 Å². The molecule has 2 rings (SSSR count). The van der Waals surface area contributed by atoms with Gasteiger partial charge in [-0.15, -0.1) is 0 Å². The van der Waals surface area contributed by atoms with Gasteiger partial charge in [-0.3, -0.25) is 19.1 Å². The van der Waals surface area contributed by atoms with Gasteiger partial charge in [0.05, 0.1) is 5.75 Å². The van der Waals surface area contributed by atoms with Crippen molar-refractivity contribution in [2.24, 2.45) is 0 Å². The zero-order valence-corrected chi connectivity index (χ0v) is 19.1. The molecule has 1 amide bonds. The number of aryl methyl sites for hydroxylation is 2. The molecule has 0 aromatic carbocycles. The Hall–Kier alpha value is -2.62. The van der Waals surface area contributed by atoms with E-state index in [2.05, 4.69) is 15.0 Å². The molecule has 3 N–H and O–H groups in total. The van der Waals surface area contributed by atoms with Crippen molar-refractivity contribution in [3.8, 4) is 0 Å². The van der Waals surface area contributed by atoms with Gasteiger partial charge in [-0.05, 0) is 39.2 Å². The molecule has 0 aliphatic carbocycles. The third kappa shape index (κ3) is 5.29. The molecular formula is C20H30N6O3S. The number of nitrogens with zero attached hydrogens (tertiary/aromatic N) is 4. The first-order chi connectivity index (χ1) is 14.2. The third-order valence-electron chi connectivity index (χ3n) is 4.90. The SMILES string of the molecule is CCCCN(C(=O)CSc1nc(C)c(C)c(C)n1)c1c(N)n(CCC)c(=O)[nH]c1=O.